The second kappa shape index (κ2) is 8.30. The summed E-state index contributed by atoms with van der Waals surface area (Å²) in [5.74, 6) is -0.201. The monoisotopic (exact) mass is 346 g/mol. The van der Waals surface area contributed by atoms with Crippen LogP contribution in [-0.2, 0) is 9.63 Å². The minimum atomic E-state index is -0.201. The Bertz CT molecular complexity index is 934. The number of rotatable bonds is 6. The Labute approximate surface area is 153 Å². The summed E-state index contributed by atoms with van der Waals surface area (Å²) in [4.78, 5) is 17.2. The van der Waals surface area contributed by atoms with Gasteiger partial charge < -0.3 is 10.2 Å². The van der Waals surface area contributed by atoms with E-state index in [9.17, 15) is 4.79 Å². The average molecular weight is 346 g/mol. The van der Waals surface area contributed by atoms with E-state index in [0.717, 1.165) is 22.1 Å². The molecule has 132 valence electrons. The van der Waals surface area contributed by atoms with E-state index in [1.54, 1.807) is 6.21 Å². The summed E-state index contributed by atoms with van der Waals surface area (Å²) < 4.78 is 0. The Morgan fingerprint density at radius 2 is 1.81 bits per heavy atom. The Hall–Kier alpha value is -3.14. The first-order chi connectivity index (χ1) is 12.6. The van der Waals surface area contributed by atoms with Crippen molar-refractivity contribution in [3.8, 4) is 0 Å². The Balaban J connectivity index is 1.53. The summed E-state index contributed by atoms with van der Waals surface area (Å²) in [7, 11) is 0. The second-order valence-corrected chi connectivity index (χ2v) is 6.26. The van der Waals surface area contributed by atoms with Crippen molar-refractivity contribution in [1.29, 1.82) is 0 Å². The Morgan fingerprint density at radius 3 is 2.62 bits per heavy atom. The molecule has 1 amide bonds. The fourth-order valence-corrected chi connectivity index (χ4v) is 2.77. The molecular formula is C22H22N2O2. The SMILES string of the molecule is Cc1ccccc1/C=N\OCC(=O)N[C@H](C)c1ccc2ccccc2c1. The molecule has 1 atom stereocenters. The maximum atomic E-state index is 12.1. The summed E-state index contributed by atoms with van der Waals surface area (Å²) in [6.45, 7) is 3.85. The van der Waals surface area contributed by atoms with Gasteiger partial charge in [-0.1, -0.05) is 65.8 Å². The van der Waals surface area contributed by atoms with Crippen LogP contribution in [0.15, 0.2) is 71.9 Å². The predicted octanol–water partition coefficient (Wildman–Crippen LogP) is 4.38. The molecular weight excluding hydrogens is 324 g/mol. The summed E-state index contributed by atoms with van der Waals surface area (Å²) in [5, 5.41) is 9.15. The van der Waals surface area contributed by atoms with Gasteiger partial charge in [0.15, 0.2) is 6.61 Å². The lowest BCUT2D eigenvalue weighted by Gasteiger charge is -2.14. The van der Waals surface area contributed by atoms with Gasteiger partial charge in [-0.25, -0.2) is 0 Å². The largest absolute Gasteiger partial charge is 0.386 e. The quantitative estimate of drug-likeness (QED) is 0.532. The molecule has 0 saturated heterocycles. The molecule has 0 saturated carbocycles. The van der Waals surface area contributed by atoms with Gasteiger partial charge in [0.25, 0.3) is 5.91 Å². The molecule has 1 N–H and O–H groups in total. The first kappa shape index (κ1) is 17.7. The number of nitrogens with zero attached hydrogens (tertiary/aromatic N) is 1. The minimum Gasteiger partial charge on any atom is -0.386 e. The highest BCUT2D eigenvalue weighted by Gasteiger charge is 2.10. The van der Waals surface area contributed by atoms with Gasteiger partial charge in [0.05, 0.1) is 12.3 Å². The number of hydrogen-bond donors (Lipinski definition) is 1. The molecule has 0 aromatic heterocycles. The summed E-state index contributed by atoms with van der Waals surface area (Å²) in [6.07, 6.45) is 1.62. The molecule has 0 aliphatic rings. The van der Waals surface area contributed by atoms with E-state index in [1.807, 2.05) is 56.3 Å². The zero-order chi connectivity index (χ0) is 18.4. The van der Waals surface area contributed by atoms with E-state index >= 15 is 0 Å². The number of amides is 1. The van der Waals surface area contributed by atoms with Crippen LogP contribution in [0.4, 0.5) is 0 Å². The lowest BCUT2D eigenvalue weighted by Crippen LogP contribution is -2.29. The smallest absolute Gasteiger partial charge is 0.261 e. The normalized spacial score (nSPS) is 12.2. The number of benzene rings is 3. The van der Waals surface area contributed by atoms with Crippen molar-refractivity contribution in [2.45, 2.75) is 19.9 Å². The number of carbonyl (C=O) groups is 1. The van der Waals surface area contributed by atoms with Gasteiger partial charge in [0.2, 0.25) is 0 Å². The van der Waals surface area contributed by atoms with Crippen molar-refractivity contribution in [3.05, 3.63) is 83.4 Å². The van der Waals surface area contributed by atoms with Gasteiger partial charge in [-0.15, -0.1) is 0 Å². The van der Waals surface area contributed by atoms with E-state index in [4.69, 9.17) is 4.84 Å². The molecule has 3 aromatic carbocycles. The maximum Gasteiger partial charge on any atom is 0.261 e. The van der Waals surface area contributed by atoms with Gasteiger partial charge in [-0.3, -0.25) is 4.79 Å². The first-order valence-corrected chi connectivity index (χ1v) is 8.62. The maximum absolute atomic E-state index is 12.1. The fraction of sp³-hybridized carbons (Fsp3) is 0.182. The third-order valence-corrected chi connectivity index (χ3v) is 4.30. The number of nitrogens with one attached hydrogen (secondary N) is 1. The molecule has 4 nitrogen and oxygen atoms in total. The standard InChI is InChI=1S/C22H22N2O2/c1-16-7-3-4-10-21(16)14-23-26-15-22(25)24-17(2)19-12-11-18-8-5-6-9-20(18)13-19/h3-14,17H,15H2,1-2H3,(H,24,25)/b23-14-/t17-/m1/s1. The van der Waals surface area contributed by atoms with E-state index in [2.05, 4.69) is 34.7 Å². The highest BCUT2D eigenvalue weighted by molar-refractivity contribution is 5.84. The van der Waals surface area contributed by atoms with Crippen molar-refractivity contribution < 1.29 is 9.63 Å². The van der Waals surface area contributed by atoms with Gasteiger partial charge >= 0.3 is 0 Å². The fourth-order valence-electron chi connectivity index (χ4n) is 2.77. The van der Waals surface area contributed by atoms with Crippen molar-refractivity contribution in [1.82, 2.24) is 5.32 Å². The van der Waals surface area contributed by atoms with Crippen LogP contribution in [0.1, 0.15) is 29.7 Å². The van der Waals surface area contributed by atoms with E-state index in [1.165, 1.54) is 5.39 Å². The van der Waals surface area contributed by atoms with Crippen LogP contribution in [-0.4, -0.2) is 18.7 Å². The molecule has 0 bridgehead atoms. The summed E-state index contributed by atoms with van der Waals surface area (Å²) >= 11 is 0. The molecule has 0 heterocycles. The third kappa shape index (κ3) is 4.48. The average Bonchev–Trinajstić information content (AvgIpc) is 2.66. The number of aryl methyl sites for hydroxylation is 1. The number of carbonyl (C=O) groups excluding carboxylic acids is 1. The van der Waals surface area contributed by atoms with Gasteiger partial charge in [0, 0.05) is 0 Å². The van der Waals surface area contributed by atoms with Crippen molar-refractivity contribution in [2.75, 3.05) is 6.61 Å². The Morgan fingerprint density at radius 1 is 1.08 bits per heavy atom. The molecule has 0 aliphatic heterocycles. The van der Waals surface area contributed by atoms with Crippen molar-refractivity contribution >= 4 is 22.9 Å². The molecule has 0 spiro atoms. The molecule has 0 radical (unpaired) electrons. The van der Waals surface area contributed by atoms with Gasteiger partial charge in [0.1, 0.15) is 0 Å². The molecule has 0 aliphatic carbocycles. The van der Waals surface area contributed by atoms with E-state index < -0.39 is 0 Å². The minimum absolute atomic E-state index is 0.101. The van der Waals surface area contributed by atoms with Crippen molar-refractivity contribution in [2.24, 2.45) is 5.16 Å². The highest BCUT2D eigenvalue weighted by atomic mass is 16.6. The molecule has 0 fully saturated rings. The molecule has 0 unspecified atom stereocenters. The predicted molar refractivity (Wildman–Crippen MR) is 105 cm³/mol. The second-order valence-electron chi connectivity index (χ2n) is 6.26. The zero-order valence-corrected chi connectivity index (χ0v) is 15.0. The number of fused-ring (bicyclic) bond motifs is 1. The summed E-state index contributed by atoms with van der Waals surface area (Å²) in [5.41, 5.74) is 3.13. The van der Waals surface area contributed by atoms with Crippen LogP contribution in [0.5, 0.6) is 0 Å². The highest BCUT2D eigenvalue weighted by Crippen LogP contribution is 2.20. The van der Waals surface area contributed by atoms with E-state index in [-0.39, 0.29) is 18.6 Å². The van der Waals surface area contributed by atoms with Crippen LogP contribution in [0, 0.1) is 6.92 Å². The van der Waals surface area contributed by atoms with Crippen molar-refractivity contribution in [3.63, 3.8) is 0 Å². The lowest BCUT2D eigenvalue weighted by molar-refractivity contribution is -0.126. The topological polar surface area (TPSA) is 50.7 Å². The number of hydrogen-bond acceptors (Lipinski definition) is 3. The van der Waals surface area contributed by atoms with Crippen LogP contribution >= 0.6 is 0 Å². The Kier molecular flexibility index (Phi) is 5.64. The zero-order valence-electron chi connectivity index (χ0n) is 15.0. The van der Waals surface area contributed by atoms with Crippen LogP contribution < -0.4 is 5.32 Å². The summed E-state index contributed by atoms with van der Waals surface area (Å²) in [6, 6.07) is 22.1. The first-order valence-electron chi connectivity index (χ1n) is 8.62. The molecule has 26 heavy (non-hydrogen) atoms. The van der Waals surface area contributed by atoms with Crippen LogP contribution in [0.3, 0.4) is 0 Å². The van der Waals surface area contributed by atoms with Gasteiger partial charge in [-0.05, 0) is 47.4 Å². The number of oxime groups is 1. The lowest BCUT2D eigenvalue weighted by atomic mass is 10.0. The van der Waals surface area contributed by atoms with Crippen LogP contribution in [0.2, 0.25) is 0 Å². The van der Waals surface area contributed by atoms with Crippen LogP contribution in [0.25, 0.3) is 10.8 Å². The van der Waals surface area contributed by atoms with E-state index in [0.29, 0.717) is 0 Å². The van der Waals surface area contributed by atoms with Gasteiger partial charge in [-0.2, -0.15) is 0 Å². The molecule has 3 aromatic rings. The molecule has 3 rings (SSSR count). The molecule has 4 heteroatoms. The third-order valence-electron chi connectivity index (χ3n) is 4.30.